The van der Waals surface area contributed by atoms with E-state index in [2.05, 4.69) is 10.3 Å². The number of halogens is 1. The number of hydrogen-bond acceptors (Lipinski definition) is 7. The molecule has 1 fully saturated rings. The molecule has 3 aromatic rings. The lowest BCUT2D eigenvalue weighted by molar-refractivity contribution is -0.117. The highest BCUT2D eigenvalue weighted by atomic mass is 35.5. The van der Waals surface area contributed by atoms with E-state index in [-0.39, 0.29) is 34.9 Å². The molecule has 1 saturated heterocycles. The minimum absolute atomic E-state index is 0.0292. The molecular formula is C22H17ClN4O5S. The van der Waals surface area contributed by atoms with E-state index in [0.29, 0.717) is 16.4 Å². The fraction of sp³-hybridized carbons (Fsp3) is 0.182. The first-order chi connectivity index (χ1) is 15.8. The molecule has 0 saturated carbocycles. The molecule has 1 aliphatic heterocycles. The summed E-state index contributed by atoms with van der Waals surface area (Å²) in [7, 11) is -3.22. The normalized spacial score (nSPS) is 17.5. The zero-order valence-electron chi connectivity index (χ0n) is 17.1. The van der Waals surface area contributed by atoms with E-state index in [1.165, 1.54) is 10.6 Å². The van der Waals surface area contributed by atoms with Crippen LogP contribution in [0.25, 0.3) is 11.7 Å². The molecule has 0 unspecified atom stereocenters. The Morgan fingerprint density at radius 3 is 2.70 bits per heavy atom. The van der Waals surface area contributed by atoms with Crippen LogP contribution in [0.3, 0.4) is 0 Å². The minimum Gasteiger partial charge on any atom is -0.438 e. The van der Waals surface area contributed by atoms with Crippen LogP contribution in [0.2, 0.25) is 5.02 Å². The van der Waals surface area contributed by atoms with E-state index in [4.69, 9.17) is 16.3 Å². The van der Waals surface area contributed by atoms with Gasteiger partial charge in [0.05, 0.1) is 11.5 Å². The van der Waals surface area contributed by atoms with Crippen LogP contribution in [0.4, 0.5) is 0 Å². The molecule has 0 aliphatic carbocycles. The maximum Gasteiger partial charge on any atom is 0.269 e. The maximum absolute atomic E-state index is 13.2. The number of carbonyl (C=O) groups excluding carboxylic acids is 1. The average Bonchev–Trinajstić information content (AvgIpc) is 3.13. The van der Waals surface area contributed by atoms with Gasteiger partial charge in [-0.2, -0.15) is 10.2 Å². The SMILES string of the molecule is N#C/C(=C\c1c(Oc2ccc(Cl)cc2)nc2ccccn2c1=O)C(=O)N[C@@H]1CCS(=O)(=O)C1. The molecule has 1 atom stereocenters. The number of nitrogens with zero attached hydrogens (tertiary/aromatic N) is 3. The molecule has 1 amide bonds. The van der Waals surface area contributed by atoms with Crippen molar-refractivity contribution in [2.24, 2.45) is 0 Å². The standard InChI is InChI=1S/C22H17ClN4O5S/c23-15-4-6-17(7-5-15)32-21-18(22(29)27-9-2-1-3-19(27)26-21)11-14(12-24)20(28)25-16-8-10-33(30,31)13-16/h1-7,9,11,16H,8,10,13H2,(H,25,28)/b14-11+/t16-/m1/s1. The van der Waals surface area contributed by atoms with E-state index >= 15 is 0 Å². The fourth-order valence-electron chi connectivity index (χ4n) is 3.36. The average molecular weight is 485 g/mol. The Morgan fingerprint density at radius 1 is 1.27 bits per heavy atom. The second kappa shape index (κ2) is 9.05. The van der Waals surface area contributed by atoms with Gasteiger partial charge in [0.25, 0.3) is 11.5 Å². The predicted octanol–water partition coefficient (Wildman–Crippen LogP) is 2.35. The summed E-state index contributed by atoms with van der Waals surface area (Å²) in [6.07, 6.45) is 2.86. The summed E-state index contributed by atoms with van der Waals surface area (Å²) in [5.74, 6) is -0.756. The Hall–Kier alpha value is -3.68. The van der Waals surface area contributed by atoms with Crippen LogP contribution >= 0.6 is 11.6 Å². The summed E-state index contributed by atoms with van der Waals surface area (Å²) in [5, 5.41) is 12.6. The molecule has 9 nitrogen and oxygen atoms in total. The fourth-order valence-corrected chi connectivity index (χ4v) is 5.16. The first-order valence-corrected chi connectivity index (χ1v) is 12.0. The van der Waals surface area contributed by atoms with Gasteiger partial charge < -0.3 is 10.1 Å². The lowest BCUT2D eigenvalue weighted by Crippen LogP contribution is -2.36. The van der Waals surface area contributed by atoms with E-state index < -0.39 is 27.3 Å². The molecule has 1 N–H and O–H groups in total. The molecule has 11 heteroatoms. The summed E-state index contributed by atoms with van der Waals surface area (Å²) >= 11 is 5.91. The molecule has 0 bridgehead atoms. The number of nitriles is 1. The maximum atomic E-state index is 13.2. The molecule has 3 heterocycles. The smallest absolute Gasteiger partial charge is 0.269 e. The van der Waals surface area contributed by atoms with Gasteiger partial charge in [0.2, 0.25) is 5.88 Å². The van der Waals surface area contributed by atoms with E-state index in [1.807, 2.05) is 0 Å². The van der Waals surface area contributed by atoms with Gasteiger partial charge in [0, 0.05) is 17.3 Å². The second-order valence-corrected chi connectivity index (χ2v) is 10.0. The van der Waals surface area contributed by atoms with Crippen molar-refractivity contribution in [2.45, 2.75) is 12.5 Å². The van der Waals surface area contributed by atoms with Crippen molar-refractivity contribution in [1.82, 2.24) is 14.7 Å². The third kappa shape index (κ3) is 5.05. The number of sulfone groups is 1. The highest BCUT2D eigenvalue weighted by molar-refractivity contribution is 7.91. The number of ether oxygens (including phenoxy) is 1. The summed E-state index contributed by atoms with van der Waals surface area (Å²) in [4.78, 5) is 30.2. The van der Waals surface area contributed by atoms with Crippen LogP contribution in [0.5, 0.6) is 11.6 Å². The number of pyridine rings is 1. The number of carbonyl (C=O) groups is 1. The summed E-state index contributed by atoms with van der Waals surface area (Å²) in [6, 6.07) is 12.5. The molecular weight excluding hydrogens is 468 g/mol. The van der Waals surface area contributed by atoms with Gasteiger partial charge in [0.15, 0.2) is 9.84 Å². The zero-order chi connectivity index (χ0) is 23.6. The molecule has 168 valence electrons. The number of hydrogen-bond donors (Lipinski definition) is 1. The van der Waals surface area contributed by atoms with Crippen LogP contribution in [0.1, 0.15) is 12.0 Å². The van der Waals surface area contributed by atoms with Gasteiger partial charge in [-0.3, -0.25) is 14.0 Å². The Kier molecular flexibility index (Phi) is 6.18. The Morgan fingerprint density at radius 2 is 2.03 bits per heavy atom. The van der Waals surface area contributed by atoms with Gasteiger partial charge >= 0.3 is 0 Å². The highest BCUT2D eigenvalue weighted by Gasteiger charge is 2.29. The lowest BCUT2D eigenvalue weighted by Gasteiger charge is -2.12. The van der Waals surface area contributed by atoms with E-state index in [0.717, 1.165) is 6.08 Å². The molecule has 33 heavy (non-hydrogen) atoms. The van der Waals surface area contributed by atoms with Gasteiger partial charge in [-0.1, -0.05) is 17.7 Å². The van der Waals surface area contributed by atoms with Crippen LogP contribution in [0.15, 0.2) is 59.0 Å². The van der Waals surface area contributed by atoms with Crippen molar-refractivity contribution in [1.29, 1.82) is 5.26 Å². The number of aromatic nitrogens is 2. The van der Waals surface area contributed by atoms with Crippen molar-refractivity contribution >= 4 is 39.1 Å². The first-order valence-electron chi connectivity index (χ1n) is 9.83. The highest BCUT2D eigenvalue weighted by Crippen LogP contribution is 2.25. The molecule has 0 spiro atoms. The number of nitrogens with one attached hydrogen (secondary N) is 1. The van der Waals surface area contributed by atoms with Crippen molar-refractivity contribution in [3.8, 4) is 17.7 Å². The first kappa shape index (κ1) is 22.5. The molecule has 1 aliphatic rings. The predicted molar refractivity (Wildman–Crippen MR) is 122 cm³/mol. The van der Waals surface area contributed by atoms with Crippen LogP contribution in [-0.4, -0.2) is 41.3 Å². The van der Waals surface area contributed by atoms with Gasteiger partial charge in [-0.25, -0.2) is 8.42 Å². The van der Waals surface area contributed by atoms with Crippen molar-refractivity contribution in [3.05, 3.63) is 75.2 Å². The van der Waals surface area contributed by atoms with E-state index in [1.54, 1.807) is 48.5 Å². The second-order valence-electron chi connectivity index (χ2n) is 7.36. The molecule has 2 aromatic heterocycles. The zero-order valence-corrected chi connectivity index (χ0v) is 18.6. The van der Waals surface area contributed by atoms with Crippen LogP contribution in [-0.2, 0) is 14.6 Å². The largest absolute Gasteiger partial charge is 0.438 e. The Bertz CT molecular complexity index is 1470. The van der Waals surface area contributed by atoms with Gasteiger partial charge in [0.1, 0.15) is 28.6 Å². The molecule has 0 radical (unpaired) electrons. The van der Waals surface area contributed by atoms with Crippen molar-refractivity contribution in [3.63, 3.8) is 0 Å². The number of amides is 1. The summed E-state index contributed by atoms with van der Waals surface area (Å²) in [6.45, 7) is 0. The van der Waals surface area contributed by atoms with Gasteiger partial charge in [-0.15, -0.1) is 0 Å². The van der Waals surface area contributed by atoms with Crippen molar-refractivity contribution in [2.75, 3.05) is 11.5 Å². The Labute approximate surface area is 193 Å². The summed E-state index contributed by atoms with van der Waals surface area (Å²) < 4.78 is 30.4. The monoisotopic (exact) mass is 484 g/mol. The van der Waals surface area contributed by atoms with Crippen LogP contribution < -0.4 is 15.6 Å². The van der Waals surface area contributed by atoms with Crippen molar-refractivity contribution < 1.29 is 17.9 Å². The summed E-state index contributed by atoms with van der Waals surface area (Å²) in [5.41, 5.74) is -0.731. The minimum atomic E-state index is -3.22. The third-order valence-electron chi connectivity index (χ3n) is 4.98. The third-order valence-corrected chi connectivity index (χ3v) is 7.00. The molecule has 4 rings (SSSR count). The quantitative estimate of drug-likeness (QED) is 0.434. The number of fused-ring (bicyclic) bond motifs is 1. The number of benzene rings is 1. The van der Waals surface area contributed by atoms with E-state index in [9.17, 15) is 23.3 Å². The number of rotatable bonds is 5. The topological polar surface area (TPSA) is 131 Å². The van der Waals surface area contributed by atoms with Gasteiger partial charge in [-0.05, 0) is 48.9 Å². The molecule has 1 aromatic carbocycles. The lowest BCUT2D eigenvalue weighted by atomic mass is 10.1. The Balaban J connectivity index is 1.75. The van der Waals surface area contributed by atoms with Crippen LogP contribution in [0, 0.1) is 11.3 Å².